The van der Waals surface area contributed by atoms with E-state index in [1.54, 1.807) is 11.3 Å². The Morgan fingerprint density at radius 2 is 2.17 bits per heavy atom. The highest BCUT2D eigenvalue weighted by Gasteiger charge is 2.28. The largest absolute Gasteiger partial charge is 0.358 e. The lowest BCUT2D eigenvalue weighted by atomic mass is 10.2. The van der Waals surface area contributed by atoms with Crippen LogP contribution in [-0.4, -0.2) is 28.5 Å². The van der Waals surface area contributed by atoms with E-state index >= 15 is 0 Å². The van der Waals surface area contributed by atoms with E-state index < -0.39 is 0 Å². The maximum atomic E-state index is 12.8. The van der Waals surface area contributed by atoms with Gasteiger partial charge in [0.1, 0.15) is 23.0 Å². The van der Waals surface area contributed by atoms with Gasteiger partial charge in [-0.15, -0.1) is 11.3 Å². The summed E-state index contributed by atoms with van der Waals surface area (Å²) >= 11 is 1.57. The van der Waals surface area contributed by atoms with Crippen LogP contribution >= 0.6 is 11.3 Å². The third-order valence-electron chi connectivity index (χ3n) is 4.14. The summed E-state index contributed by atoms with van der Waals surface area (Å²) in [6.07, 6.45) is 2.44. The first-order valence-electron chi connectivity index (χ1n) is 7.58. The van der Waals surface area contributed by atoms with E-state index in [1.165, 1.54) is 11.9 Å². The molecule has 0 bridgehead atoms. The van der Waals surface area contributed by atoms with Crippen LogP contribution in [0.15, 0.2) is 42.0 Å². The van der Waals surface area contributed by atoms with Crippen molar-refractivity contribution in [3.05, 3.63) is 47.6 Å². The van der Waals surface area contributed by atoms with Crippen LogP contribution < -0.4 is 10.2 Å². The van der Waals surface area contributed by atoms with Crippen molar-refractivity contribution in [2.75, 3.05) is 16.8 Å². The number of anilines is 2. The van der Waals surface area contributed by atoms with Crippen molar-refractivity contribution in [1.82, 2.24) is 9.97 Å². The van der Waals surface area contributed by atoms with Crippen molar-refractivity contribution in [2.24, 2.45) is 0 Å². The van der Waals surface area contributed by atoms with Crippen molar-refractivity contribution >= 4 is 39.0 Å². The SMILES string of the molecule is CC(Nc1ncnc2sccc12)C(=O)N1CCc2ccccc21. The number of benzene rings is 1. The molecule has 4 rings (SSSR count). The van der Waals surface area contributed by atoms with E-state index in [-0.39, 0.29) is 11.9 Å². The van der Waals surface area contributed by atoms with Crippen LogP contribution in [0, 0.1) is 0 Å². The van der Waals surface area contributed by atoms with Gasteiger partial charge in [-0.05, 0) is 36.4 Å². The molecule has 0 spiro atoms. The third kappa shape index (κ3) is 2.45. The maximum absolute atomic E-state index is 12.8. The Balaban J connectivity index is 1.57. The number of nitrogens with zero attached hydrogens (tertiary/aromatic N) is 3. The molecular formula is C17H16N4OS. The number of carbonyl (C=O) groups is 1. The molecule has 5 nitrogen and oxygen atoms in total. The number of carbonyl (C=O) groups excluding carboxylic acids is 1. The molecule has 1 amide bonds. The van der Waals surface area contributed by atoms with Crippen LogP contribution in [0.2, 0.25) is 0 Å². The Hall–Kier alpha value is -2.47. The molecule has 1 aliphatic rings. The van der Waals surface area contributed by atoms with Gasteiger partial charge in [-0.3, -0.25) is 4.79 Å². The fraction of sp³-hybridized carbons (Fsp3) is 0.235. The first-order valence-corrected chi connectivity index (χ1v) is 8.46. The lowest BCUT2D eigenvalue weighted by Crippen LogP contribution is -2.40. The summed E-state index contributed by atoms with van der Waals surface area (Å²) in [6.45, 7) is 2.62. The molecule has 116 valence electrons. The number of aromatic nitrogens is 2. The summed E-state index contributed by atoms with van der Waals surface area (Å²) < 4.78 is 0. The van der Waals surface area contributed by atoms with Crippen molar-refractivity contribution in [3.63, 3.8) is 0 Å². The molecule has 3 heterocycles. The maximum Gasteiger partial charge on any atom is 0.249 e. The van der Waals surface area contributed by atoms with Crippen LogP contribution in [0.25, 0.3) is 10.2 Å². The zero-order valence-electron chi connectivity index (χ0n) is 12.7. The van der Waals surface area contributed by atoms with Crippen molar-refractivity contribution < 1.29 is 4.79 Å². The molecule has 0 radical (unpaired) electrons. The highest BCUT2D eigenvalue weighted by Crippen LogP contribution is 2.29. The minimum absolute atomic E-state index is 0.0666. The first kappa shape index (κ1) is 14.1. The molecule has 1 aromatic carbocycles. The summed E-state index contributed by atoms with van der Waals surface area (Å²) in [7, 11) is 0. The Kier molecular flexibility index (Phi) is 3.46. The third-order valence-corrected chi connectivity index (χ3v) is 4.96. The van der Waals surface area contributed by atoms with Gasteiger partial charge in [-0.25, -0.2) is 9.97 Å². The van der Waals surface area contributed by atoms with E-state index in [1.807, 2.05) is 41.5 Å². The Labute approximate surface area is 138 Å². The van der Waals surface area contributed by atoms with E-state index in [9.17, 15) is 4.79 Å². The topological polar surface area (TPSA) is 58.1 Å². The summed E-state index contributed by atoms with van der Waals surface area (Å²) in [5.74, 6) is 0.779. The predicted molar refractivity (Wildman–Crippen MR) is 93.0 cm³/mol. The Morgan fingerprint density at radius 1 is 1.30 bits per heavy atom. The second kappa shape index (κ2) is 5.62. The van der Waals surface area contributed by atoms with E-state index in [2.05, 4.69) is 21.4 Å². The van der Waals surface area contributed by atoms with Crippen LogP contribution in [0.4, 0.5) is 11.5 Å². The molecule has 1 atom stereocenters. The molecule has 3 aromatic rings. The fourth-order valence-corrected chi connectivity index (χ4v) is 3.71. The molecule has 0 saturated heterocycles. The quantitative estimate of drug-likeness (QED) is 0.804. The Bertz CT molecular complexity index is 876. The van der Waals surface area contributed by atoms with E-state index in [0.29, 0.717) is 5.82 Å². The molecule has 1 aliphatic heterocycles. The number of hydrogen-bond donors (Lipinski definition) is 1. The second-order valence-corrected chi connectivity index (χ2v) is 6.49. The van der Waals surface area contributed by atoms with Crippen LogP contribution in [0.3, 0.4) is 0 Å². The van der Waals surface area contributed by atoms with Crippen molar-refractivity contribution in [3.8, 4) is 0 Å². The van der Waals surface area contributed by atoms with Crippen LogP contribution in [0.1, 0.15) is 12.5 Å². The number of fused-ring (bicyclic) bond motifs is 2. The van der Waals surface area contributed by atoms with Gasteiger partial charge in [0.05, 0.1) is 5.39 Å². The molecule has 1 unspecified atom stereocenters. The molecule has 1 N–H and O–H groups in total. The van der Waals surface area contributed by atoms with Gasteiger partial charge in [0, 0.05) is 12.2 Å². The summed E-state index contributed by atoms with van der Waals surface area (Å²) in [4.78, 5) is 24.1. The molecule has 6 heteroatoms. The van der Waals surface area contributed by atoms with Crippen LogP contribution in [-0.2, 0) is 11.2 Å². The lowest BCUT2D eigenvalue weighted by molar-refractivity contribution is -0.118. The van der Waals surface area contributed by atoms with E-state index in [4.69, 9.17) is 0 Å². The number of hydrogen-bond acceptors (Lipinski definition) is 5. The van der Waals surface area contributed by atoms with Crippen molar-refractivity contribution in [1.29, 1.82) is 0 Å². The average Bonchev–Trinajstić information content (AvgIpc) is 3.21. The predicted octanol–water partition coefficient (Wildman–Crippen LogP) is 3.08. The van der Waals surface area contributed by atoms with Gasteiger partial charge < -0.3 is 10.2 Å². The number of para-hydroxylation sites is 1. The summed E-state index contributed by atoms with van der Waals surface area (Å²) in [6, 6.07) is 9.71. The second-order valence-electron chi connectivity index (χ2n) is 5.60. The Morgan fingerprint density at radius 3 is 3.09 bits per heavy atom. The standard InChI is InChI=1S/C17H16N4OS/c1-11(20-15-13-7-9-23-16(13)19-10-18-15)17(22)21-8-6-12-4-2-3-5-14(12)21/h2-5,7,9-11H,6,8H2,1H3,(H,18,19,20). The molecular weight excluding hydrogens is 308 g/mol. The normalized spacial score (nSPS) is 14.7. The zero-order valence-corrected chi connectivity index (χ0v) is 13.5. The molecule has 0 fully saturated rings. The van der Waals surface area contributed by atoms with E-state index in [0.717, 1.165) is 28.9 Å². The number of thiophene rings is 1. The average molecular weight is 324 g/mol. The van der Waals surface area contributed by atoms with Gasteiger partial charge >= 0.3 is 0 Å². The summed E-state index contributed by atoms with van der Waals surface area (Å²) in [5.41, 5.74) is 2.25. The van der Waals surface area contributed by atoms with Gasteiger partial charge in [-0.2, -0.15) is 0 Å². The smallest absolute Gasteiger partial charge is 0.249 e. The lowest BCUT2D eigenvalue weighted by Gasteiger charge is -2.22. The number of amides is 1. The molecule has 23 heavy (non-hydrogen) atoms. The van der Waals surface area contributed by atoms with Gasteiger partial charge in [0.25, 0.3) is 0 Å². The highest BCUT2D eigenvalue weighted by molar-refractivity contribution is 7.16. The van der Waals surface area contributed by atoms with Gasteiger partial charge in [0.2, 0.25) is 5.91 Å². The minimum Gasteiger partial charge on any atom is -0.358 e. The fourth-order valence-electron chi connectivity index (χ4n) is 2.97. The first-order chi connectivity index (χ1) is 11.2. The minimum atomic E-state index is -0.348. The van der Waals surface area contributed by atoms with Crippen LogP contribution in [0.5, 0.6) is 0 Å². The highest BCUT2D eigenvalue weighted by atomic mass is 32.1. The van der Waals surface area contributed by atoms with Crippen molar-refractivity contribution in [2.45, 2.75) is 19.4 Å². The van der Waals surface area contributed by atoms with Gasteiger partial charge in [-0.1, -0.05) is 18.2 Å². The van der Waals surface area contributed by atoms with Gasteiger partial charge in [0.15, 0.2) is 0 Å². The molecule has 0 aliphatic carbocycles. The zero-order chi connectivity index (χ0) is 15.8. The summed E-state index contributed by atoms with van der Waals surface area (Å²) in [5, 5.41) is 6.18. The number of rotatable bonds is 3. The molecule has 2 aromatic heterocycles. The molecule has 0 saturated carbocycles. The number of nitrogens with one attached hydrogen (secondary N) is 1. The monoisotopic (exact) mass is 324 g/mol.